The van der Waals surface area contributed by atoms with Crippen LogP contribution < -0.4 is 5.32 Å². The SMILES string of the molecule is CC(C)NC(=O)C(=O)N1CCN(C(=O)C2C3CC4CC(C3)CC2C4)CC1. The second-order valence-electron chi connectivity index (χ2n) is 9.20. The summed E-state index contributed by atoms with van der Waals surface area (Å²) in [5, 5.41) is 2.65. The molecule has 0 aromatic rings. The van der Waals surface area contributed by atoms with E-state index in [4.69, 9.17) is 0 Å². The molecule has 3 amide bonds. The quantitative estimate of drug-likeness (QED) is 0.753. The van der Waals surface area contributed by atoms with E-state index in [1.54, 1.807) is 4.90 Å². The van der Waals surface area contributed by atoms with Gasteiger partial charge in [0.05, 0.1) is 0 Å². The van der Waals surface area contributed by atoms with E-state index in [2.05, 4.69) is 5.32 Å². The minimum Gasteiger partial charge on any atom is -0.346 e. The van der Waals surface area contributed by atoms with Gasteiger partial charge < -0.3 is 15.1 Å². The van der Waals surface area contributed by atoms with Crippen LogP contribution in [0.4, 0.5) is 0 Å². The van der Waals surface area contributed by atoms with Crippen LogP contribution in [0.1, 0.15) is 46.0 Å². The molecule has 1 aliphatic heterocycles. The molecule has 5 rings (SSSR count). The standard InChI is InChI=1S/C20H31N3O3/c1-12(2)21-18(24)20(26)23-5-3-22(4-6-23)19(25)17-15-8-13-7-14(10-15)11-16(17)9-13/h12-17H,3-11H2,1-2H3,(H,21,24). The summed E-state index contributed by atoms with van der Waals surface area (Å²) in [7, 11) is 0. The Morgan fingerprint density at radius 2 is 1.31 bits per heavy atom. The summed E-state index contributed by atoms with van der Waals surface area (Å²) in [4.78, 5) is 40.8. The third kappa shape index (κ3) is 3.23. The van der Waals surface area contributed by atoms with E-state index in [0.717, 1.165) is 11.8 Å². The number of hydrogen-bond acceptors (Lipinski definition) is 3. The van der Waals surface area contributed by atoms with E-state index in [-0.39, 0.29) is 12.0 Å². The van der Waals surface area contributed by atoms with Gasteiger partial charge in [-0.2, -0.15) is 0 Å². The van der Waals surface area contributed by atoms with Gasteiger partial charge in [-0.25, -0.2) is 0 Å². The predicted octanol–water partition coefficient (Wildman–Crippen LogP) is 1.25. The minimum atomic E-state index is -0.541. The topological polar surface area (TPSA) is 69.7 Å². The zero-order valence-electron chi connectivity index (χ0n) is 15.9. The summed E-state index contributed by atoms with van der Waals surface area (Å²) in [5.74, 6) is 2.45. The molecule has 0 atom stereocenters. The molecule has 6 heteroatoms. The molecule has 0 aromatic heterocycles. The molecule has 0 unspecified atom stereocenters. The third-order valence-corrected chi connectivity index (χ3v) is 7.00. The lowest BCUT2D eigenvalue weighted by Crippen LogP contribution is -2.58. The van der Waals surface area contributed by atoms with Gasteiger partial charge in [-0.3, -0.25) is 14.4 Å². The number of amides is 3. The van der Waals surface area contributed by atoms with E-state index in [1.807, 2.05) is 18.7 Å². The van der Waals surface area contributed by atoms with Crippen molar-refractivity contribution in [3.8, 4) is 0 Å². The normalized spacial score (nSPS) is 35.7. The lowest BCUT2D eigenvalue weighted by molar-refractivity contribution is -0.154. The zero-order chi connectivity index (χ0) is 18.4. The maximum atomic E-state index is 13.2. The fourth-order valence-electron chi connectivity index (χ4n) is 6.14. The number of nitrogens with one attached hydrogen (secondary N) is 1. The van der Waals surface area contributed by atoms with Crippen LogP contribution in [-0.4, -0.2) is 59.7 Å². The Bertz CT molecular complexity index is 567. The summed E-state index contributed by atoms with van der Waals surface area (Å²) in [5.41, 5.74) is 0. The van der Waals surface area contributed by atoms with E-state index in [0.29, 0.717) is 43.9 Å². The highest BCUT2D eigenvalue weighted by atomic mass is 16.2. The fourth-order valence-corrected chi connectivity index (χ4v) is 6.14. The average molecular weight is 361 g/mol. The van der Waals surface area contributed by atoms with Crippen molar-refractivity contribution in [2.75, 3.05) is 26.2 Å². The first-order chi connectivity index (χ1) is 12.4. The monoisotopic (exact) mass is 361 g/mol. The summed E-state index contributed by atoms with van der Waals surface area (Å²) in [6.45, 7) is 5.72. The molecule has 1 N–H and O–H groups in total. The highest BCUT2D eigenvalue weighted by molar-refractivity contribution is 6.35. The highest BCUT2D eigenvalue weighted by Crippen LogP contribution is 2.56. The fraction of sp³-hybridized carbons (Fsp3) is 0.850. The Hall–Kier alpha value is -1.59. The van der Waals surface area contributed by atoms with Crippen molar-refractivity contribution in [3.63, 3.8) is 0 Å². The number of carbonyl (C=O) groups excluding carboxylic acids is 3. The molecule has 144 valence electrons. The molecule has 0 radical (unpaired) electrons. The average Bonchev–Trinajstić information content (AvgIpc) is 2.59. The van der Waals surface area contributed by atoms with Crippen LogP contribution in [0, 0.1) is 29.6 Å². The van der Waals surface area contributed by atoms with Crippen LogP contribution in [0.5, 0.6) is 0 Å². The van der Waals surface area contributed by atoms with Crippen molar-refractivity contribution in [1.82, 2.24) is 15.1 Å². The van der Waals surface area contributed by atoms with E-state index < -0.39 is 11.8 Å². The summed E-state index contributed by atoms with van der Waals surface area (Å²) in [6, 6.07) is -0.0498. The van der Waals surface area contributed by atoms with E-state index in [9.17, 15) is 14.4 Å². The Kier molecular flexibility index (Phi) is 4.70. The lowest BCUT2D eigenvalue weighted by atomic mass is 9.51. The van der Waals surface area contributed by atoms with Gasteiger partial charge in [0.1, 0.15) is 0 Å². The van der Waals surface area contributed by atoms with Gasteiger partial charge in [0.2, 0.25) is 5.91 Å². The van der Waals surface area contributed by atoms with Crippen molar-refractivity contribution in [3.05, 3.63) is 0 Å². The predicted molar refractivity (Wildman–Crippen MR) is 97.0 cm³/mol. The molecule has 5 fully saturated rings. The molecule has 5 aliphatic rings. The molecule has 1 heterocycles. The van der Waals surface area contributed by atoms with Crippen molar-refractivity contribution >= 4 is 17.7 Å². The van der Waals surface area contributed by atoms with Crippen LogP contribution in [0.3, 0.4) is 0 Å². The van der Waals surface area contributed by atoms with Gasteiger partial charge in [-0.1, -0.05) is 0 Å². The van der Waals surface area contributed by atoms with Crippen LogP contribution >= 0.6 is 0 Å². The molecular formula is C20H31N3O3. The van der Waals surface area contributed by atoms with Crippen molar-refractivity contribution in [1.29, 1.82) is 0 Å². The second kappa shape index (κ2) is 6.86. The number of nitrogens with zero attached hydrogens (tertiary/aromatic N) is 2. The number of piperazine rings is 1. The van der Waals surface area contributed by atoms with Crippen LogP contribution in [-0.2, 0) is 14.4 Å². The first-order valence-corrected chi connectivity index (χ1v) is 10.3. The minimum absolute atomic E-state index is 0.0498. The second-order valence-corrected chi connectivity index (χ2v) is 9.20. The van der Waals surface area contributed by atoms with Gasteiger partial charge in [0.15, 0.2) is 0 Å². The van der Waals surface area contributed by atoms with Gasteiger partial charge in [0.25, 0.3) is 0 Å². The summed E-state index contributed by atoms with van der Waals surface area (Å²) < 4.78 is 0. The zero-order valence-corrected chi connectivity index (χ0v) is 15.9. The molecule has 6 nitrogen and oxygen atoms in total. The first kappa shape index (κ1) is 17.8. The molecular weight excluding hydrogens is 330 g/mol. The van der Waals surface area contributed by atoms with Crippen LogP contribution in [0.25, 0.3) is 0 Å². The molecule has 4 saturated carbocycles. The molecule has 0 spiro atoms. The number of rotatable bonds is 2. The molecule has 4 bridgehead atoms. The van der Waals surface area contributed by atoms with Gasteiger partial charge in [-0.05, 0) is 69.6 Å². The molecule has 0 aromatic carbocycles. The maximum absolute atomic E-state index is 13.2. The van der Waals surface area contributed by atoms with Crippen LogP contribution in [0.2, 0.25) is 0 Å². The Morgan fingerprint density at radius 1 is 0.808 bits per heavy atom. The van der Waals surface area contributed by atoms with Gasteiger partial charge in [0, 0.05) is 38.1 Å². The molecule has 1 saturated heterocycles. The van der Waals surface area contributed by atoms with Crippen LogP contribution in [0.15, 0.2) is 0 Å². The van der Waals surface area contributed by atoms with Crippen molar-refractivity contribution in [2.45, 2.75) is 52.0 Å². The molecule has 4 aliphatic carbocycles. The smallest absolute Gasteiger partial charge is 0.312 e. The summed E-state index contributed by atoms with van der Waals surface area (Å²) >= 11 is 0. The van der Waals surface area contributed by atoms with Gasteiger partial charge in [-0.15, -0.1) is 0 Å². The lowest BCUT2D eigenvalue weighted by Gasteiger charge is -2.54. The number of hydrogen-bond donors (Lipinski definition) is 1. The van der Waals surface area contributed by atoms with Crippen molar-refractivity contribution < 1.29 is 14.4 Å². The van der Waals surface area contributed by atoms with E-state index >= 15 is 0 Å². The largest absolute Gasteiger partial charge is 0.346 e. The van der Waals surface area contributed by atoms with Crippen molar-refractivity contribution in [2.24, 2.45) is 29.6 Å². The Labute approximate surface area is 155 Å². The maximum Gasteiger partial charge on any atom is 0.312 e. The Balaban J connectivity index is 1.33. The first-order valence-electron chi connectivity index (χ1n) is 10.3. The number of carbonyl (C=O) groups is 3. The highest BCUT2D eigenvalue weighted by Gasteiger charge is 2.51. The van der Waals surface area contributed by atoms with Gasteiger partial charge >= 0.3 is 11.8 Å². The van der Waals surface area contributed by atoms with E-state index in [1.165, 1.54) is 32.1 Å². The Morgan fingerprint density at radius 3 is 1.81 bits per heavy atom. The third-order valence-electron chi connectivity index (χ3n) is 7.00. The molecule has 26 heavy (non-hydrogen) atoms. The summed E-state index contributed by atoms with van der Waals surface area (Å²) in [6.07, 6.45) is 6.38.